The fraction of sp³-hybridized carbons (Fsp3) is 0.312. The molecule has 1 heterocycles. The summed E-state index contributed by atoms with van der Waals surface area (Å²) in [5.41, 5.74) is 5.26. The smallest absolute Gasteiger partial charge is 0.0296 e. The molecule has 2 rings (SSSR count). The zero-order chi connectivity index (χ0) is 13.0. The molecule has 0 amide bonds. The number of pyridine rings is 1. The number of nitrogens with one attached hydrogen (secondary N) is 1. The maximum atomic E-state index is 4.04. The first kappa shape index (κ1) is 12.8. The minimum atomic E-state index is 0.341. The Balaban J connectivity index is 1.99. The van der Waals surface area contributed by atoms with E-state index >= 15 is 0 Å². The molecule has 0 aliphatic rings. The van der Waals surface area contributed by atoms with Gasteiger partial charge in [-0.3, -0.25) is 4.98 Å². The summed E-state index contributed by atoms with van der Waals surface area (Å²) in [6.07, 6.45) is 3.68. The van der Waals surface area contributed by atoms with Crippen molar-refractivity contribution < 1.29 is 0 Å². The molecule has 1 N–H and O–H groups in total. The predicted molar refractivity (Wildman–Crippen MR) is 75.4 cm³/mol. The number of aryl methyl sites for hydroxylation is 2. The molecule has 2 aromatic rings. The summed E-state index contributed by atoms with van der Waals surface area (Å²) in [5.74, 6) is 0. The molecule has 1 aromatic heterocycles. The summed E-state index contributed by atoms with van der Waals surface area (Å²) in [6.45, 7) is 7.36. The van der Waals surface area contributed by atoms with Crippen molar-refractivity contribution in [2.45, 2.75) is 33.4 Å². The van der Waals surface area contributed by atoms with E-state index in [1.54, 1.807) is 0 Å². The van der Waals surface area contributed by atoms with E-state index in [2.05, 4.69) is 61.4 Å². The van der Waals surface area contributed by atoms with E-state index < -0.39 is 0 Å². The Morgan fingerprint density at radius 3 is 2.28 bits per heavy atom. The highest BCUT2D eigenvalue weighted by molar-refractivity contribution is 5.28. The van der Waals surface area contributed by atoms with Crippen LogP contribution in [0.2, 0.25) is 0 Å². The third kappa shape index (κ3) is 3.41. The number of benzene rings is 1. The first-order chi connectivity index (χ1) is 8.65. The first-order valence-electron chi connectivity index (χ1n) is 6.35. The van der Waals surface area contributed by atoms with Crippen molar-refractivity contribution in [2.24, 2.45) is 0 Å². The molecular formula is C16H20N2. The van der Waals surface area contributed by atoms with Gasteiger partial charge in [-0.2, -0.15) is 0 Å². The lowest BCUT2D eigenvalue weighted by Gasteiger charge is -2.14. The minimum Gasteiger partial charge on any atom is -0.306 e. The molecule has 0 unspecified atom stereocenters. The Kier molecular flexibility index (Phi) is 4.11. The van der Waals surface area contributed by atoms with E-state index in [1.807, 2.05) is 12.4 Å². The van der Waals surface area contributed by atoms with Crippen LogP contribution >= 0.6 is 0 Å². The Hall–Kier alpha value is -1.67. The molecule has 0 bridgehead atoms. The second kappa shape index (κ2) is 5.78. The zero-order valence-electron chi connectivity index (χ0n) is 11.3. The van der Waals surface area contributed by atoms with Crippen molar-refractivity contribution in [3.8, 4) is 0 Å². The molecule has 0 aliphatic heterocycles. The van der Waals surface area contributed by atoms with E-state index in [4.69, 9.17) is 0 Å². The summed E-state index contributed by atoms with van der Waals surface area (Å²) in [6, 6.07) is 11.1. The standard InChI is InChI=1S/C16H20N2/c1-12-8-13(2)10-15(9-12)11-18-14(3)16-4-6-17-7-5-16/h4-10,14,18H,11H2,1-3H3/t14-/m0/s1. The molecule has 0 radical (unpaired) electrons. The highest BCUT2D eigenvalue weighted by Gasteiger charge is 2.04. The van der Waals surface area contributed by atoms with Crippen LogP contribution in [0.3, 0.4) is 0 Å². The zero-order valence-corrected chi connectivity index (χ0v) is 11.3. The molecule has 2 heteroatoms. The lowest BCUT2D eigenvalue weighted by atomic mass is 10.1. The third-order valence-corrected chi connectivity index (χ3v) is 3.10. The lowest BCUT2D eigenvalue weighted by molar-refractivity contribution is 0.574. The second-order valence-corrected chi connectivity index (χ2v) is 4.88. The summed E-state index contributed by atoms with van der Waals surface area (Å²) < 4.78 is 0. The molecule has 1 aromatic carbocycles. The van der Waals surface area contributed by atoms with Crippen LogP contribution in [0.15, 0.2) is 42.7 Å². The Bertz CT molecular complexity index is 486. The van der Waals surface area contributed by atoms with E-state index in [1.165, 1.54) is 22.3 Å². The molecular weight excluding hydrogens is 220 g/mol. The first-order valence-corrected chi connectivity index (χ1v) is 6.35. The summed E-state index contributed by atoms with van der Waals surface area (Å²) in [4.78, 5) is 4.04. The van der Waals surface area contributed by atoms with Gasteiger partial charge in [-0.15, -0.1) is 0 Å². The molecule has 2 nitrogen and oxygen atoms in total. The van der Waals surface area contributed by atoms with Crippen molar-refractivity contribution >= 4 is 0 Å². The van der Waals surface area contributed by atoms with Gasteiger partial charge in [-0.05, 0) is 44.0 Å². The van der Waals surface area contributed by atoms with Crippen molar-refractivity contribution in [2.75, 3.05) is 0 Å². The monoisotopic (exact) mass is 240 g/mol. The number of hydrogen-bond donors (Lipinski definition) is 1. The number of nitrogens with zero attached hydrogens (tertiary/aromatic N) is 1. The quantitative estimate of drug-likeness (QED) is 0.884. The van der Waals surface area contributed by atoms with E-state index in [-0.39, 0.29) is 0 Å². The summed E-state index contributed by atoms with van der Waals surface area (Å²) in [5, 5.41) is 3.54. The van der Waals surface area contributed by atoms with Gasteiger partial charge in [-0.25, -0.2) is 0 Å². The molecule has 18 heavy (non-hydrogen) atoms. The van der Waals surface area contributed by atoms with E-state index in [0.29, 0.717) is 6.04 Å². The Morgan fingerprint density at radius 2 is 1.67 bits per heavy atom. The highest BCUT2D eigenvalue weighted by atomic mass is 14.9. The van der Waals surface area contributed by atoms with Crippen LogP contribution in [0.25, 0.3) is 0 Å². The van der Waals surface area contributed by atoms with Crippen LogP contribution in [0.1, 0.15) is 35.2 Å². The maximum absolute atomic E-state index is 4.04. The average Bonchev–Trinajstić information content (AvgIpc) is 2.36. The van der Waals surface area contributed by atoms with Crippen LogP contribution in [-0.2, 0) is 6.54 Å². The number of hydrogen-bond acceptors (Lipinski definition) is 2. The number of rotatable bonds is 4. The van der Waals surface area contributed by atoms with Gasteiger partial charge < -0.3 is 5.32 Å². The molecule has 0 saturated carbocycles. The normalized spacial score (nSPS) is 12.4. The SMILES string of the molecule is Cc1cc(C)cc(CN[C@@H](C)c2ccncc2)c1. The molecule has 0 spiro atoms. The van der Waals surface area contributed by atoms with Crippen molar-refractivity contribution in [1.29, 1.82) is 0 Å². The minimum absolute atomic E-state index is 0.341. The van der Waals surface area contributed by atoms with Gasteiger partial charge in [0.05, 0.1) is 0 Å². The van der Waals surface area contributed by atoms with Crippen molar-refractivity contribution in [3.63, 3.8) is 0 Å². The van der Waals surface area contributed by atoms with Gasteiger partial charge >= 0.3 is 0 Å². The Morgan fingerprint density at radius 1 is 1.06 bits per heavy atom. The predicted octanol–water partition coefficient (Wildman–Crippen LogP) is 3.55. The van der Waals surface area contributed by atoms with E-state index in [0.717, 1.165) is 6.54 Å². The second-order valence-electron chi connectivity index (χ2n) is 4.88. The van der Waals surface area contributed by atoms with Crippen LogP contribution < -0.4 is 5.32 Å². The van der Waals surface area contributed by atoms with Crippen LogP contribution in [0.5, 0.6) is 0 Å². The van der Waals surface area contributed by atoms with Gasteiger partial charge in [0.15, 0.2) is 0 Å². The van der Waals surface area contributed by atoms with Crippen LogP contribution in [-0.4, -0.2) is 4.98 Å². The van der Waals surface area contributed by atoms with Gasteiger partial charge in [0, 0.05) is 25.0 Å². The van der Waals surface area contributed by atoms with Crippen molar-refractivity contribution in [1.82, 2.24) is 10.3 Å². The fourth-order valence-electron chi connectivity index (χ4n) is 2.21. The molecule has 94 valence electrons. The van der Waals surface area contributed by atoms with Crippen LogP contribution in [0, 0.1) is 13.8 Å². The number of aromatic nitrogens is 1. The van der Waals surface area contributed by atoms with Gasteiger partial charge in [0.1, 0.15) is 0 Å². The fourth-order valence-corrected chi connectivity index (χ4v) is 2.21. The van der Waals surface area contributed by atoms with Gasteiger partial charge in [0.25, 0.3) is 0 Å². The maximum Gasteiger partial charge on any atom is 0.0296 e. The molecule has 0 fully saturated rings. The third-order valence-electron chi connectivity index (χ3n) is 3.10. The molecule has 0 saturated heterocycles. The average molecular weight is 240 g/mol. The molecule has 1 atom stereocenters. The largest absolute Gasteiger partial charge is 0.306 e. The Labute approximate surface area is 109 Å². The summed E-state index contributed by atoms with van der Waals surface area (Å²) in [7, 11) is 0. The van der Waals surface area contributed by atoms with Crippen molar-refractivity contribution in [3.05, 3.63) is 65.0 Å². The van der Waals surface area contributed by atoms with Gasteiger partial charge in [-0.1, -0.05) is 29.3 Å². The summed E-state index contributed by atoms with van der Waals surface area (Å²) >= 11 is 0. The topological polar surface area (TPSA) is 24.9 Å². The molecule has 0 aliphatic carbocycles. The lowest BCUT2D eigenvalue weighted by Crippen LogP contribution is -2.18. The van der Waals surface area contributed by atoms with Crippen LogP contribution in [0.4, 0.5) is 0 Å². The highest BCUT2D eigenvalue weighted by Crippen LogP contribution is 2.13. The van der Waals surface area contributed by atoms with Gasteiger partial charge in [0.2, 0.25) is 0 Å². The van der Waals surface area contributed by atoms with E-state index in [9.17, 15) is 0 Å².